The lowest BCUT2D eigenvalue weighted by Gasteiger charge is -2.10. The highest BCUT2D eigenvalue weighted by Crippen LogP contribution is 2.19. The van der Waals surface area contributed by atoms with E-state index in [1.807, 2.05) is 0 Å². The quantitative estimate of drug-likeness (QED) is 0.618. The highest BCUT2D eigenvalue weighted by atomic mass is 16.5. The SMILES string of the molecule is COC(=O)c1cccc(Nc2cc(C(=O)Nc3ccc(OC)cc3)nc(C)n2)c1. The van der Waals surface area contributed by atoms with Crippen molar-refractivity contribution in [2.75, 3.05) is 24.9 Å². The zero-order chi connectivity index (χ0) is 20.8. The topological polar surface area (TPSA) is 102 Å². The fraction of sp³-hybridized carbons (Fsp3) is 0.143. The van der Waals surface area contributed by atoms with Crippen LogP contribution in [0.15, 0.2) is 54.6 Å². The maximum atomic E-state index is 12.6. The third-order valence-electron chi connectivity index (χ3n) is 3.97. The molecular formula is C21H20N4O4. The van der Waals surface area contributed by atoms with Crippen LogP contribution < -0.4 is 15.4 Å². The average molecular weight is 392 g/mol. The van der Waals surface area contributed by atoms with E-state index < -0.39 is 5.97 Å². The third kappa shape index (κ3) is 5.07. The van der Waals surface area contributed by atoms with E-state index in [9.17, 15) is 9.59 Å². The largest absolute Gasteiger partial charge is 0.497 e. The molecule has 8 nitrogen and oxygen atoms in total. The molecule has 0 aliphatic heterocycles. The van der Waals surface area contributed by atoms with E-state index in [0.717, 1.165) is 0 Å². The van der Waals surface area contributed by atoms with E-state index >= 15 is 0 Å². The Morgan fingerprint density at radius 1 is 0.931 bits per heavy atom. The second-order valence-corrected chi connectivity index (χ2v) is 6.07. The van der Waals surface area contributed by atoms with Crippen LogP contribution in [0, 0.1) is 6.92 Å². The van der Waals surface area contributed by atoms with E-state index in [1.54, 1.807) is 62.6 Å². The Balaban J connectivity index is 1.78. The monoisotopic (exact) mass is 392 g/mol. The molecule has 0 atom stereocenters. The van der Waals surface area contributed by atoms with Crippen LogP contribution in [0.5, 0.6) is 5.75 Å². The first-order chi connectivity index (χ1) is 14.0. The van der Waals surface area contributed by atoms with Gasteiger partial charge in [-0.3, -0.25) is 4.79 Å². The fourth-order valence-electron chi connectivity index (χ4n) is 2.61. The zero-order valence-electron chi connectivity index (χ0n) is 16.2. The van der Waals surface area contributed by atoms with Crippen molar-refractivity contribution in [1.82, 2.24) is 9.97 Å². The number of anilines is 3. The molecule has 3 aromatic rings. The number of ether oxygens (including phenoxy) is 2. The van der Waals surface area contributed by atoms with E-state index in [0.29, 0.717) is 34.3 Å². The molecule has 0 aliphatic carbocycles. The van der Waals surface area contributed by atoms with Crippen LogP contribution in [-0.2, 0) is 4.74 Å². The van der Waals surface area contributed by atoms with Crippen molar-refractivity contribution in [3.05, 3.63) is 71.7 Å². The number of carbonyl (C=O) groups excluding carboxylic acids is 2. The van der Waals surface area contributed by atoms with Crippen LogP contribution in [0.2, 0.25) is 0 Å². The van der Waals surface area contributed by atoms with E-state index in [2.05, 4.69) is 20.6 Å². The molecule has 3 rings (SSSR count). The lowest BCUT2D eigenvalue weighted by atomic mass is 10.2. The van der Waals surface area contributed by atoms with Gasteiger partial charge in [-0.1, -0.05) is 6.07 Å². The Morgan fingerprint density at radius 2 is 1.69 bits per heavy atom. The van der Waals surface area contributed by atoms with Crippen molar-refractivity contribution in [1.29, 1.82) is 0 Å². The molecule has 0 spiro atoms. The van der Waals surface area contributed by atoms with Crippen molar-refractivity contribution in [2.24, 2.45) is 0 Å². The Kier molecular flexibility index (Phi) is 6.03. The van der Waals surface area contributed by atoms with Crippen molar-refractivity contribution >= 4 is 29.1 Å². The second kappa shape index (κ2) is 8.83. The first-order valence-electron chi connectivity index (χ1n) is 8.75. The predicted octanol–water partition coefficient (Wildman–Crippen LogP) is 3.58. The lowest BCUT2D eigenvalue weighted by Crippen LogP contribution is -2.15. The summed E-state index contributed by atoms with van der Waals surface area (Å²) in [5.41, 5.74) is 1.86. The van der Waals surface area contributed by atoms with Gasteiger partial charge in [-0.2, -0.15) is 0 Å². The molecule has 0 saturated heterocycles. The van der Waals surface area contributed by atoms with Gasteiger partial charge in [0.05, 0.1) is 19.8 Å². The average Bonchev–Trinajstić information content (AvgIpc) is 2.73. The number of hydrogen-bond acceptors (Lipinski definition) is 7. The van der Waals surface area contributed by atoms with Crippen LogP contribution in [0.4, 0.5) is 17.2 Å². The summed E-state index contributed by atoms with van der Waals surface area (Å²) in [5.74, 6) is 0.749. The molecule has 0 bridgehead atoms. The lowest BCUT2D eigenvalue weighted by molar-refractivity contribution is 0.0600. The summed E-state index contributed by atoms with van der Waals surface area (Å²) in [6, 6.07) is 15.3. The molecule has 1 heterocycles. The first kappa shape index (κ1) is 19.8. The number of hydrogen-bond donors (Lipinski definition) is 2. The van der Waals surface area contributed by atoms with Crippen LogP contribution >= 0.6 is 0 Å². The molecule has 2 aromatic carbocycles. The highest BCUT2D eigenvalue weighted by molar-refractivity contribution is 6.03. The minimum atomic E-state index is -0.438. The molecular weight excluding hydrogens is 372 g/mol. The summed E-state index contributed by atoms with van der Waals surface area (Å²) < 4.78 is 9.84. The summed E-state index contributed by atoms with van der Waals surface area (Å²) in [6.45, 7) is 1.69. The fourth-order valence-corrected chi connectivity index (χ4v) is 2.61. The summed E-state index contributed by atoms with van der Waals surface area (Å²) in [6.07, 6.45) is 0. The molecule has 29 heavy (non-hydrogen) atoms. The number of benzene rings is 2. The number of aryl methyl sites for hydroxylation is 1. The van der Waals surface area contributed by atoms with Crippen LogP contribution in [0.25, 0.3) is 0 Å². The number of aromatic nitrogens is 2. The van der Waals surface area contributed by atoms with Crippen LogP contribution in [0.1, 0.15) is 26.7 Å². The first-order valence-corrected chi connectivity index (χ1v) is 8.75. The van der Waals surface area contributed by atoms with Gasteiger partial charge in [-0.25, -0.2) is 14.8 Å². The van der Waals surface area contributed by atoms with Gasteiger partial charge < -0.3 is 20.1 Å². The van der Waals surface area contributed by atoms with Crippen molar-refractivity contribution in [2.45, 2.75) is 6.92 Å². The number of carbonyl (C=O) groups is 2. The van der Waals surface area contributed by atoms with Gasteiger partial charge in [0.25, 0.3) is 5.91 Å². The van der Waals surface area contributed by atoms with Gasteiger partial charge in [0.15, 0.2) is 0 Å². The van der Waals surface area contributed by atoms with Gasteiger partial charge >= 0.3 is 5.97 Å². The van der Waals surface area contributed by atoms with E-state index in [1.165, 1.54) is 13.2 Å². The maximum Gasteiger partial charge on any atom is 0.337 e. The molecule has 1 aromatic heterocycles. The van der Waals surface area contributed by atoms with Crippen molar-refractivity contribution in [3.63, 3.8) is 0 Å². The van der Waals surface area contributed by atoms with E-state index in [-0.39, 0.29) is 11.6 Å². The minimum absolute atomic E-state index is 0.208. The summed E-state index contributed by atoms with van der Waals surface area (Å²) in [7, 11) is 2.90. The summed E-state index contributed by atoms with van der Waals surface area (Å²) in [5, 5.41) is 5.87. The summed E-state index contributed by atoms with van der Waals surface area (Å²) >= 11 is 0. The van der Waals surface area contributed by atoms with Gasteiger partial charge in [0, 0.05) is 17.4 Å². The normalized spacial score (nSPS) is 10.2. The van der Waals surface area contributed by atoms with Crippen molar-refractivity contribution < 1.29 is 19.1 Å². The third-order valence-corrected chi connectivity index (χ3v) is 3.97. The molecule has 0 radical (unpaired) electrons. The molecule has 2 N–H and O–H groups in total. The van der Waals surface area contributed by atoms with Gasteiger partial charge in [-0.05, 0) is 49.4 Å². The highest BCUT2D eigenvalue weighted by Gasteiger charge is 2.12. The zero-order valence-corrected chi connectivity index (χ0v) is 16.2. The maximum absolute atomic E-state index is 12.6. The predicted molar refractivity (Wildman–Crippen MR) is 109 cm³/mol. The standard InChI is InChI=1S/C21H20N4O4/c1-13-22-18(20(26)25-15-7-9-17(28-2)10-8-15)12-19(23-13)24-16-6-4-5-14(11-16)21(27)29-3/h4-12H,1-3H3,(H,25,26)(H,22,23,24). The molecule has 0 fully saturated rings. The van der Waals surface area contributed by atoms with Gasteiger partial charge in [0.1, 0.15) is 23.1 Å². The van der Waals surface area contributed by atoms with Crippen LogP contribution in [0.3, 0.4) is 0 Å². The van der Waals surface area contributed by atoms with Gasteiger partial charge in [-0.15, -0.1) is 0 Å². The molecule has 0 aliphatic rings. The number of nitrogens with zero attached hydrogens (tertiary/aromatic N) is 2. The smallest absolute Gasteiger partial charge is 0.337 e. The second-order valence-electron chi connectivity index (χ2n) is 6.07. The Morgan fingerprint density at radius 3 is 2.38 bits per heavy atom. The Bertz CT molecular complexity index is 1040. The number of nitrogens with one attached hydrogen (secondary N) is 2. The number of amides is 1. The minimum Gasteiger partial charge on any atom is -0.497 e. The molecule has 1 amide bonds. The number of esters is 1. The van der Waals surface area contributed by atoms with Crippen LogP contribution in [-0.4, -0.2) is 36.1 Å². The number of methoxy groups -OCH3 is 2. The van der Waals surface area contributed by atoms with E-state index in [4.69, 9.17) is 9.47 Å². The molecule has 0 unspecified atom stereocenters. The number of rotatable bonds is 6. The molecule has 148 valence electrons. The van der Waals surface area contributed by atoms with Crippen molar-refractivity contribution in [3.8, 4) is 5.75 Å². The Hall–Kier alpha value is -3.94. The summed E-state index contributed by atoms with van der Waals surface area (Å²) in [4.78, 5) is 32.8. The Labute approximate surface area is 167 Å². The molecule has 0 saturated carbocycles. The van der Waals surface area contributed by atoms with Gasteiger partial charge in [0.2, 0.25) is 0 Å². The molecule has 8 heteroatoms.